The molecule has 2 aromatic heterocycles. The predicted octanol–water partition coefficient (Wildman–Crippen LogP) is 2.86. The van der Waals surface area contributed by atoms with Crippen molar-refractivity contribution in [3.05, 3.63) is 76.2 Å². The average molecular weight is 410 g/mol. The number of methoxy groups -OCH3 is 1. The van der Waals surface area contributed by atoms with Crippen LogP contribution in [0.3, 0.4) is 0 Å². The van der Waals surface area contributed by atoms with Crippen molar-refractivity contribution in [2.45, 2.75) is 6.54 Å². The van der Waals surface area contributed by atoms with Crippen LogP contribution in [0.15, 0.2) is 65.5 Å². The third kappa shape index (κ3) is 3.83. The molecule has 1 N–H and O–H groups in total. The van der Waals surface area contributed by atoms with Gasteiger partial charge in [0.25, 0.3) is 0 Å². The molecular formula is C20H16ClN5O3. The summed E-state index contributed by atoms with van der Waals surface area (Å²) in [5.41, 5.74) is 1.86. The van der Waals surface area contributed by atoms with Crippen molar-refractivity contribution in [2.75, 3.05) is 12.4 Å². The van der Waals surface area contributed by atoms with Gasteiger partial charge in [0.15, 0.2) is 5.65 Å². The minimum atomic E-state index is -0.499. The van der Waals surface area contributed by atoms with Crippen molar-refractivity contribution in [3.8, 4) is 17.0 Å². The van der Waals surface area contributed by atoms with Gasteiger partial charge in [-0.3, -0.25) is 4.79 Å². The molecule has 0 aliphatic rings. The summed E-state index contributed by atoms with van der Waals surface area (Å²) in [7, 11) is 1.51. The van der Waals surface area contributed by atoms with Gasteiger partial charge in [-0.05, 0) is 30.3 Å². The quantitative estimate of drug-likeness (QED) is 0.547. The third-order valence-corrected chi connectivity index (χ3v) is 4.53. The second-order valence-corrected chi connectivity index (χ2v) is 6.60. The van der Waals surface area contributed by atoms with Gasteiger partial charge in [0.05, 0.1) is 17.8 Å². The van der Waals surface area contributed by atoms with E-state index in [1.165, 1.54) is 11.6 Å². The molecule has 0 aliphatic carbocycles. The van der Waals surface area contributed by atoms with Gasteiger partial charge in [-0.25, -0.2) is 9.48 Å². The normalized spacial score (nSPS) is 10.8. The summed E-state index contributed by atoms with van der Waals surface area (Å²) in [5, 5.41) is 11.6. The minimum absolute atomic E-state index is 0.257. The van der Waals surface area contributed by atoms with Crippen LogP contribution in [0.5, 0.6) is 5.75 Å². The van der Waals surface area contributed by atoms with Crippen molar-refractivity contribution in [1.82, 2.24) is 19.4 Å². The molecule has 4 aromatic rings. The van der Waals surface area contributed by atoms with Gasteiger partial charge >= 0.3 is 5.69 Å². The molecule has 0 unspecified atom stereocenters. The number of benzene rings is 2. The molecule has 0 aliphatic heterocycles. The first-order valence-electron chi connectivity index (χ1n) is 8.71. The summed E-state index contributed by atoms with van der Waals surface area (Å²) in [4.78, 5) is 25.0. The first-order chi connectivity index (χ1) is 14.0. The number of carbonyl (C=O) groups is 1. The number of nitrogens with zero attached hydrogens (tertiary/aromatic N) is 4. The molecule has 0 radical (unpaired) electrons. The Hall–Kier alpha value is -3.65. The minimum Gasteiger partial charge on any atom is -0.495 e. The number of nitrogens with one attached hydrogen (secondary N) is 1. The number of anilines is 1. The van der Waals surface area contributed by atoms with E-state index in [1.807, 2.05) is 30.3 Å². The zero-order valence-electron chi connectivity index (χ0n) is 15.4. The van der Waals surface area contributed by atoms with E-state index in [0.717, 1.165) is 10.2 Å². The van der Waals surface area contributed by atoms with E-state index < -0.39 is 11.6 Å². The standard InChI is InChI=1S/C20H16ClN5O3/c1-29-17-9-7-14(11-15(17)21)22-19(27)12-25-20(28)26-18(24-25)10-8-16(23-26)13-5-3-2-4-6-13/h2-11H,12H2,1H3,(H,22,27). The Labute approximate surface area is 170 Å². The highest BCUT2D eigenvalue weighted by atomic mass is 35.5. The zero-order valence-corrected chi connectivity index (χ0v) is 16.1. The monoisotopic (exact) mass is 409 g/mol. The van der Waals surface area contributed by atoms with Gasteiger partial charge in [-0.2, -0.15) is 9.61 Å². The summed E-state index contributed by atoms with van der Waals surface area (Å²) in [6.07, 6.45) is 0. The molecule has 0 fully saturated rings. The second kappa shape index (κ2) is 7.76. The van der Waals surface area contributed by atoms with E-state index in [9.17, 15) is 9.59 Å². The van der Waals surface area contributed by atoms with Crippen LogP contribution in [0.4, 0.5) is 5.69 Å². The lowest BCUT2D eigenvalue weighted by atomic mass is 10.1. The summed E-state index contributed by atoms with van der Waals surface area (Å²) in [5.74, 6) is 0.0848. The number of rotatable bonds is 5. The molecule has 2 aromatic carbocycles. The van der Waals surface area contributed by atoms with E-state index in [0.29, 0.717) is 27.8 Å². The Bertz CT molecular complexity index is 1250. The summed E-state index contributed by atoms with van der Waals surface area (Å²) >= 11 is 6.06. The number of aromatic nitrogens is 4. The number of hydrogen-bond acceptors (Lipinski definition) is 5. The third-order valence-electron chi connectivity index (χ3n) is 4.24. The Morgan fingerprint density at radius 2 is 1.90 bits per heavy atom. The Morgan fingerprint density at radius 3 is 2.62 bits per heavy atom. The molecule has 0 spiro atoms. The number of carbonyl (C=O) groups excluding carboxylic acids is 1. The van der Waals surface area contributed by atoms with Crippen molar-refractivity contribution in [1.29, 1.82) is 0 Å². The fraction of sp³-hybridized carbons (Fsp3) is 0.100. The summed E-state index contributed by atoms with van der Waals surface area (Å²) in [6, 6.07) is 17.8. The van der Waals surface area contributed by atoms with Crippen LogP contribution in [0.2, 0.25) is 5.02 Å². The molecular weight excluding hydrogens is 394 g/mol. The van der Waals surface area contributed by atoms with E-state index in [1.54, 1.807) is 30.3 Å². The highest BCUT2D eigenvalue weighted by Gasteiger charge is 2.13. The van der Waals surface area contributed by atoms with Crippen molar-refractivity contribution >= 4 is 28.8 Å². The van der Waals surface area contributed by atoms with Crippen molar-refractivity contribution < 1.29 is 9.53 Å². The smallest absolute Gasteiger partial charge is 0.367 e. The molecule has 29 heavy (non-hydrogen) atoms. The maximum absolute atomic E-state index is 12.6. The molecule has 0 atom stereocenters. The summed E-state index contributed by atoms with van der Waals surface area (Å²) < 4.78 is 7.33. The van der Waals surface area contributed by atoms with Crippen LogP contribution in [0, 0.1) is 0 Å². The van der Waals surface area contributed by atoms with Crippen molar-refractivity contribution in [3.63, 3.8) is 0 Å². The zero-order chi connectivity index (χ0) is 20.4. The topological polar surface area (TPSA) is 90.5 Å². The summed E-state index contributed by atoms with van der Waals surface area (Å²) in [6.45, 7) is -0.257. The Balaban J connectivity index is 1.56. The molecule has 4 rings (SSSR count). The van der Waals surface area contributed by atoms with E-state index in [4.69, 9.17) is 16.3 Å². The Morgan fingerprint density at radius 1 is 1.10 bits per heavy atom. The van der Waals surface area contributed by atoms with E-state index in [2.05, 4.69) is 15.5 Å². The molecule has 146 valence electrons. The van der Waals surface area contributed by atoms with Crippen LogP contribution in [-0.4, -0.2) is 32.4 Å². The fourth-order valence-electron chi connectivity index (χ4n) is 2.86. The lowest BCUT2D eigenvalue weighted by Crippen LogP contribution is -2.28. The number of amides is 1. The molecule has 0 bridgehead atoms. The van der Waals surface area contributed by atoms with Crippen molar-refractivity contribution in [2.24, 2.45) is 0 Å². The van der Waals surface area contributed by atoms with Crippen LogP contribution < -0.4 is 15.7 Å². The van der Waals surface area contributed by atoms with Gasteiger partial charge < -0.3 is 10.1 Å². The SMILES string of the molecule is COc1ccc(NC(=O)Cn2nc3ccc(-c4ccccc4)nn3c2=O)cc1Cl. The first-order valence-corrected chi connectivity index (χ1v) is 9.08. The van der Waals surface area contributed by atoms with Gasteiger partial charge in [-0.15, -0.1) is 5.10 Å². The van der Waals surface area contributed by atoms with Gasteiger partial charge in [0.2, 0.25) is 5.91 Å². The maximum Gasteiger partial charge on any atom is 0.367 e. The molecule has 2 heterocycles. The van der Waals surface area contributed by atoms with Gasteiger partial charge in [-0.1, -0.05) is 41.9 Å². The lowest BCUT2D eigenvalue weighted by molar-refractivity contribution is -0.117. The molecule has 1 amide bonds. The van der Waals surface area contributed by atoms with Crippen LogP contribution in [0.1, 0.15) is 0 Å². The highest BCUT2D eigenvalue weighted by Crippen LogP contribution is 2.27. The first kappa shape index (κ1) is 18.7. The predicted molar refractivity (Wildman–Crippen MR) is 109 cm³/mol. The van der Waals surface area contributed by atoms with Gasteiger partial charge in [0, 0.05) is 11.3 Å². The number of halogens is 1. The molecule has 8 nitrogen and oxygen atoms in total. The molecule has 9 heteroatoms. The fourth-order valence-corrected chi connectivity index (χ4v) is 3.11. The van der Waals surface area contributed by atoms with Crippen LogP contribution in [-0.2, 0) is 11.3 Å². The lowest BCUT2D eigenvalue weighted by Gasteiger charge is -2.07. The largest absolute Gasteiger partial charge is 0.495 e. The highest BCUT2D eigenvalue weighted by molar-refractivity contribution is 6.32. The average Bonchev–Trinajstić information content (AvgIpc) is 3.03. The molecule has 0 saturated heterocycles. The second-order valence-electron chi connectivity index (χ2n) is 6.19. The molecule has 0 saturated carbocycles. The Kier molecular flexibility index (Phi) is 5.01. The van der Waals surface area contributed by atoms with Crippen LogP contribution in [0.25, 0.3) is 16.9 Å². The van der Waals surface area contributed by atoms with Gasteiger partial charge in [0.1, 0.15) is 12.3 Å². The maximum atomic E-state index is 12.6. The number of hydrogen-bond donors (Lipinski definition) is 1. The number of ether oxygens (including phenoxy) is 1. The van der Waals surface area contributed by atoms with E-state index >= 15 is 0 Å². The van der Waals surface area contributed by atoms with Crippen LogP contribution >= 0.6 is 11.6 Å². The van der Waals surface area contributed by atoms with E-state index in [-0.39, 0.29) is 6.54 Å². The number of fused-ring (bicyclic) bond motifs is 1.